The molecular formula is C13H9N3O5S. The standard InChI is InChI=1S/C13H9N3O5S/c14-4-8(12(18)9-5-22-6-15-9)1-7-2-10(16(20)21)13(19)11(17)3-7/h1-3,5,15,17,19H,6H2/b8-1+. The first-order valence-corrected chi connectivity index (χ1v) is 6.91. The van der Waals surface area contributed by atoms with Crippen molar-refractivity contribution in [3.63, 3.8) is 0 Å². The highest BCUT2D eigenvalue weighted by molar-refractivity contribution is 8.02. The Hall–Kier alpha value is -2.99. The number of allylic oxidation sites excluding steroid dienone is 1. The van der Waals surface area contributed by atoms with Crippen LogP contribution in [0.1, 0.15) is 5.56 Å². The fourth-order valence-electron chi connectivity index (χ4n) is 1.73. The van der Waals surface area contributed by atoms with E-state index in [-0.39, 0.29) is 16.8 Å². The number of hydrogen-bond donors (Lipinski definition) is 3. The number of benzene rings is 1. The molecule has 0 bridgehead atoms. The molecule has 0 aromatic heterocycles. The molecule has 1 aromatic rings. The summed E-state index contributed by atoms with van der Waals surface area (Å²) in [6.07, 6.45) is 1.11. The molecule has 8 nitrogen and oxygen atoms in total. The minimum absolute atomic E-state index is 0.0538. The van der Waals surface area contributed by atoms with Crippen LogP contribution in [-0.2, 0) is 4.79 Å². The zero-order valence-electron chi connectivity index (χ0n) is 10.9. The number of aromatic hydroxyl groups is 2. The second kappa shape index (κ2) is 6.19. The van der Waals surface area contributed by atoms with Crippen LogP contribution in [0.25, 0.3) is 6.08 Å². The normalized spacial score (nSPS) is 14.0. The van der Waals surface area contributed by atoms with Gasteiger partial charge in [-0.05, 0) is 23.1 Å². The summed E-state index contributed by atoms with van der Waals surface area (Å²) in [5.74, 6) is -1.61. The van der Waals surface area contributed by atoms with Crippen LogP contribution in [0.3, 0.4) is 0 Å². The number of nitro groups is 1. The third-order valence-corrected chi connectivity index (χ3v) is 3.47. The lowest BCUT2D eigenvalue weighted by atomic mass is 10.1. The number of rotatable bonds is 4. The van der Waals surface area contributed by atoms with Crippen molar-refractivity contribution in [3.8, 4) is 17.6 Å². The molecule has 0 saturated heterocycles. The largest absolute Gasteiger partial charge is 0.504 e. The van der Waals surface area contributed by atoms with Crippen molar-refractivity contribution in [2.75, 3.05) is 5.88 Å². The molecule has 0 spiro atoms. The summed E-state index contributed by atoms with van der Waals surface area (Å²) < 4.78 is 0. The Labute approximate surface area is 128 Å². The molecule has 1 aliphatic heterocycles. The van der Waals surface area contributed by atoms with Crippen LogP contribution < -0.4 is 5.32 Å². The summed E-state index contributed by atoms with van der Waals surface area (Å²) in [4.78, 5) is 22.0. The molecule has 3 N–H and O–H groups in total. The third kappa shape index (κ3) is 3.02. The van der Waals surface area contributed by atoms with E-state index in [9.17, 15) is 25.1 Å². The van der Waals surface area contributed by atoms with Gasteiger partial charge >= 0.3 is 5.69 Å². The topological polar surface area (TPSA) is 136 Å². The van der Waals surface area contributed by atoms with Gasteiger partial charge in [-0.1, -0.05) is 0 Å². The van der Waals surface area contributed by atoms with Crippen molar-refractivity contribution in [1.29, 1.82) is 5.26 Å². The van der Waals surface area contributed by atoms with E-state index >= 15 is 0 Å². The predicted molar refractivity (Wildman–Crippen MR) is 78.7 cm³/mol. The lowest BCUT2D eigenvalue weighted by Crippen LogP contribution is -2.16. The number of carbonyl (C=O) groups excluding carboxylic acids is 1. The van der Waals surface area contributed by atoms with Gasteiger partial charge in [-0.25, -0.2) is 0 Å². The van der Waals surface area contributed by atoms with Crippen molar-refractivity contribution >= 4 is 29.3 Å². The van der Waals surface area contributed by atoms with Gasteiger partial charge < -0.3 is 15.5 Å². The fourth-order valence-corrected chi connectivity index (χ4v) is 2.41. The number of carbonyl (C=O) groups is 1. The lowest BCUT2D eigenvalue weighted by molar-refractivity contribution is -0.386. The van der Waals surface area contributed by atoms with Gasteiger partial charge in [0, 0.05) is 6.07 Å². The number of Topliss-reactive ketones (excluding diaryl/α,β-unsaturated/α-hetero) is 1. The van der Waals surface area contributed by atoms with Crippen LogP contribution in [0.5, 0.6) is 11.5 Å². The lowest BCUT2D eigenvalue weighted by Gasteiger charge is -2.03. The predicted octanol–water partition coefficient (Wildman–Crippen LogP) is 1.62. The maximum atomic E-state index is 12.1. The van der Waals surface area contributed by atoms with Crippen LogP contribution in [0, 0.1) is 21.4 Å². The molecule has 0 amide bonds. The van der Waals surface area contributed by atoms with Crippen LogP contribution in [0.4, 0.5) is 5.69 Å². The highest BCUT2D eigenvalue weighted by Crippen LogP contribution is 2.36. The molecule has 0 unspecified atom stereocenters. The summed E-state index contributed by atoms with van der Waals surface area (Å²) in [6, 6.07) is 3.71. The molecule has 1 heterocycles. The summed E-state index contributed by atoms with van der Waals surface area (Å²) in [5.41, 5.74) is -0.654. The van der Waals surface area contributed by atoms with E-state index in [4.69, 9.17) is 5.26 Å². The Morgan fingerprint density at radius 3 is 2.77 bits per heavy atom. The molecule has 0 aliphatic carbocycles. The number of nitrogens with one attached hydrogen (secondary N) is 1. The Bertz CT molecular complexity index is 764. The molecular weight excluding hydrogens is 310 g/mol. The number of nitriles is 1. The van der Waals surface area contributed by atoms with Crippen LogP contribution >= 0.6 is 11.8 Å². The van der Waals surface area contributed by atoms with Gasteiger partial charge in [0.1, 0.15) is 11.6 Å². The highest BCUT2D eigenvalue weighted by atomic mass is 32.2. The third-order valence-electron chi connectivity index (χ3n) is 2.76. The number of ketones is 1. The Balaban J connectivity index is 2.44. The van der Waals surface area contributed by atoms with Crippen molar-refractivity contribution in [1.82, 2.24) is 5.32 Å². The number of hydrogen-bond acceptors (Lipinski definition) is 8. The molecule has 9 heteroatoms. The van der Waals surface area contributed by atoms with Gasteiger partial charge in [-0.15, -0.1) is 11.8 Å². The Morgan fingerprint density at radius 2 is 2.23 bits per heavy atom. The molecule has 0 atom stereocenters. The number of phenolic OH excluding ortho intramolecular Hbond substituents is 2. The fraction of sp³-hybridized carbons (Fsp3) is 0.0769. The van der Waals surface area contributed by atoms with Crippen molar-refractivity contribution in [2.45, 2.75) is 0 Å². The molecule has 1 aliphatic rings. The number of nitrogens with zero attached hydrogens (tertiary/aromatic N) is 2. The summed E-state index contributed by atoms with van der Waals surface area (Å²) in [5, 5.41) is 43.1. The average Bonchev–Trinajstić information content (AvgIpc) is 3.01. The Morgan fingerprint density at radius 1 is 1.50 bits per heavy atom. The zero-order chi connectivity index (χ0) is 16.3. The second-order valence-corrected chi connectivity index (χ2v) is 5.04. The maximum absolute atomic E-state index is 12.1. The van der Waals surface area contributed by atoms with E-state index in [0.717, 1.165) is 18.2 Å². The van der Waals surface area contributed by atoms with E-state index < -0.39 is 27.9 Å². The zero-order valence-corrected chi connectivity index (χ0v) is 11.8. The van der Waals surface area contributed by atoms with Crippen molar-refractivity contribution in [3.05, 3.63) is 44.5 Å². The number of nitro benzene ring substituents is 1. The number of phenols is 2. The van der Waals surface area contributed by atoms with Crippen LogP contribution in [0.2, 0.25) is 0 Å². The van der Waals surface area contributed by atoms with Crippen LogP contribution in [0.15, 0.2) is 28.8 Å². The smallest absolute Gasteiger partial charge is 0.315 e. The second-order valence-electron chi connectivity index (χ2n) is 4.18. The van der Waals surface area contributed by atoms with Gasteiger partial charge in [0.15, 0.2) is 5.75 Å². The molecule has 0 saturated carbocycles. The summed E-state index contributed by atoms with van der Waals surface area (Å²) in [6.45, 7) is 0. The van der Waals surface area contributed by atoms with Gasteiger partial charge in [0.05, 0.1) is 16.5 Å². The molecule has 1 aromatic carbocycles. The van der Waals surface area contributed by atoms with Gasteiger partial charge in [0.2, 0.25) is 11.5 Å². The van der Waals surface area contributed by atoms with E-state index in [1.165, 1.54) is 11.8 Å². The summed E-state index contributed by atoms with van der Waals surface area (Å²) >= 11 is 1.36. The highest BCUT2D eigenvalue weighted by Gasteiger charge is 2.21. The monoisotopic (exact) mass is 319 g/mol. The number of thioether (sulfide) groups is 1. The van der Waals surface area contributed by atoms with E-state index in [2.05, 4.69) is 5.32 Å². The molecule has 2 rings (SSSR count). The van der Waals surface area contributed by atoms with E-state index in [1.807, 2.05) is 0 Å². The van der Waals surface area contributed by atoms with Gasteiger partial charge in [-0.3, -0.25) is 14.9 Å². The van der Waals surface area contributed by atoms with E-state index in [0.29, 0.717) is 5.88 Å². The Kier molecular flexibility index (Phi) is 4.33. The van der Waals surface area contributed by atoms with Gasteiger partial charge in [0.25, 0.3) is 0 Å². The van der Waals surface area contributed by atoms with Crippen molar-refractivity contribution < 1.29 is 19.9 Å². The van der Waals surface area contributed by atoms with Gasteiger partial charge in [-0.2, -0.15) is 5.26 Å². The molecule has 22 heavy (non-hydrogen) atoms. The molecule has 0 radical (unpaired) electrons. The van der Waals surface area contributed by atoms with Crippen molar-refractivity contribution in [2.24, 2.45) is 0 Å². The van der Waals surface area contributed by atoms with E-state index in [1.54, 1.807) is 11.5 Å². The van der Waals surface area contributed by atoms with Crippen LogP contribution in [-0.4, -0.2) is 26.8 Å². The minimum atomic E-state index is -0.877. The first kappa shape index (κ1) is 15.4. The summed E-state index contributed by atoms with van der Waals surface area (Å²) in [7, 11) is 0. The quantitative estimate of drug-likeness (QED) is 0.250. The first-order valence-electron chi connectivity index (χ1n) is 5.86. The molecule has 0 fully saturated rings. The minimum Gasteiger partial charge on any atom is -0.504 e. The molecule has 112 valence electrons. The first-order chi connectivity index (χ1) is 10.4. The maximum Gasteiger partial charge on any atom is 0.315 e. The average molecular weight is 319 g/mol. The SMILES string of the molecule is N#C/C(=C\c1cc(O)c(O)c([N+](=O)[O-])c1)C(=O)C1=CSCN1.